The fourth-order valence-electron chi connectivity index (χ4n) is 0.178. The average Bonchev–Trinajstić information content (AvgIpc) is 1.81. The molecule has 0 aliphatic rings. The number of rotatable bonds is 2. The van der Waals surface area contributed by atoms with Gasteiger partial charge in [-0.2, -0.15) is 22.0 Å². The van der Waals surface area contributed by atoms with Crippen LogP contribution >= 0.6 is 0 Å². The third-order valence-corrected chi connectivity index (χ3v) is 0.598. The van der Waals surface area contributed by atoms with Crippen LogP contribution in [0.5, 0.6) is 0 Å². The van der Waals surface area contributed by atoms with Crippen molar-refractivity contribution in [2.45, 2.75) is 12.3 Å². The van der Waals surface area contributed by atoms with E-state index in [0.29, 0.717) is 0 Å². The Morgan fingerprint density at radius 2 is 1.45 bits per heavy atom. The topological polar surface area (TPSA) is 9.23 Å². The first-order chi connectivity index (χ1) is 4.81. The Morgan fingerprint density at radius 1 is 1.00 bits per heavy atom. The van der Waals surface area contributed by atoms with Crippen LogP contribution in [0.25, 0.3) is 0 Å². The smallest absolute Gasteiger partial charge is 0.431 e. The number of hydrogen-bond acceptors (Lipinski definition) is 1. The number of hydrogen-bond donors (Lipinski definition) is 0. The molecular weight excluding hydrogens is 178 g/mol. The fourth-order valence-corrected chi connectivity index (χ4v) is 0.178. The van der Waals surface area contributed by atoms with Gasteiger partial charge in [-0.1, -0.05) is 0 Å². The third-order valence-electron chi connectivity index (χ3n) is 0.598. The second kappa shape index (κ2) is 3.02. The SMILES string of the molecule is FC=COC(F)(F)C(F)(F)F. The lowest BCUT2D eigenvalue weighted by molar-refractivity contribution is -0.375. The Bertz CT molecular complexity index is 147. The van der Waals surface area contributed by atoms with Crippen LogP contribution in [0.3, 0.4) is 0 Å². The van der Waals surface area contributed by atoms with Crippen molar-refractivity contribution in [1.29, 1.82) is 0 Å². The van der Waals surface area contributed by atoms with Gasteiger partial charge in [-0.25, -0.2) is 4.39 Å². The summed E-state index contributed by atoms with van der Waals surface area (Å²) in [6.07, 6.45) is -12.1. The van der Waals surface area contributed by atoms with Crippen LogP contribution in [0, 0.1) is 0 Å². The first kappa shape index (κ1) is 10.1. The molecule has 0 fully saturated rings. The zero-order valence-electron chi connectivity index (χ0n) is 4.83. The summed E-state index contributed by atoms with van der Waals surface area (Å²) in [6.45, 7) is 0. The molecule has 0 heterocycles. The first-order valence-corrected chi connectivity index (χ1v) is 2.19. The lowest BCUT2D eigenvalue weighted by Crippen LogP contribution is -2.37. The number of ether oxygens (including phenoxy) is 1. The van der Waals surface area contributed by atoms with Crippen LogP contribution in [-0.2, 0) is 4.74 Å². The van der Waals surface area contributed by atoms with E-state index in [9.17, 15) is 26.3 Å². The van der Waals surface area contributed by atoms with E-state index >= 15 is 0 Å². The van der Waals surface area contributed by atoms with Crippen LogP contribution < -0.4 is 0 Å². The molecule has 0 unspecified atom stereocenters. The zero-order valence-corrected chi connectivity index (χ0v) is 4.83. The lowest BCUT2D eigenvalue weighted by atomic mass is 10.6. The minimum Gasteiger partial charge on any atom is -0.431 e. The minimum atomic E-state index is -5.83. The van der Waals surface area contributed by atoms with Crippen LogP contribution in [-0.4, -0.2) is 12.3 Å². The molecule has 0 amide bonds. The maximum atomic E-state index is 11.6. The highest BCUT2D eigenvalue weighted by atomic mass is 19.4. The molecule has 0 radical (unpaired) electrons. The van der Waals surface area contributed by atoms with Gasteiger partial charge in [0, 0.05) is 0 Å². The van der Waals surface area contributed by atoms with Crippen molar-refractivity contribution in [3.63, 3.8) is 0 Å². The molecule has 1 nitrogen and oxygen atoms in total. The Kier molecular flexibility index (Phi) is 2.77. The molecule has 0 rings (SSSR count). The van der Waals surface area contributed by atoms with Crippen molar-refractivity contribution >= 4 is 0 Å². The van der Waals surface area contributed by atoms with Crippen molar-refractivity contribution in [2.24, 2.45) is 0 Å². The van der Waals surface area contributed by atoms with Gasteiger partial charge < -0.3 is 4.74 Å². The normalized spacial score (nSPS) is 14.0. The van der Waals surface area contributed by atoms with Gasteiger partial charge in [0.15, 0.2) is 0 Å². The standard InChI is InChI=1S/C4H2F6O/c5-1-2-11-4(9,10)3(6,7)8/h1-2H. The quantitative estimate of drug-likeness (QED) is 0.468. The van der Waals surface area contributed by atoms with E-state index in [1.54, 1.807) is 0 Å². The Morgan fingerprint density at radius 3 is 1.73 bits per heavy atom. The second-order valence-corrected chi connectivity index (χ2v) is 1.39. The molecule has 0 aromatic rings. The van der Waals surface area contributed by atoms with E-state index < -0.39 is 18.6 Å². The van der Waals surface area contributed by atoms with E-state index in [1.165, 1.54) is 0 Å². The minimum absolute atomic E-state index is 0.381. The molecular formula is C4H2F6O. The zero-order chi connectivity index (χ0) is 9.12. The summed E-state index contributed by atoms with van der Waals surface area (Å²) < 4.78 is 70.1. The van der Waals surface area contributed by atoms with E-state index in [0.717, 1.165) is 0 Å². The summed E-state index contributed by atoms with van der Waals surface area (Å²) >= 11 is 0. The van der Waals surface area contributed by atoms with E-state index in [2.05, 4.69) is 4.74 Å². The molecule has 66 valence electrons. The second-order valence-electron chi connectivity index (χ2n) is 1.39. The summed E-state index contributed by atoms with van der Waals surface area (Å²) in [7, 11) is 0. The van der Waals surface area contributed by atoms with Crippen LogP contribution in [0.1, 0.15) is 0 Å². The summed E-state index contributed by atoms with van der Waals surface area (Å²) in [5.74, 6) is 0. The van der Waals surface area contributed by atoms with Gasteiger partial charge >= 0.3 is 12.3 Å². The Balaban J connectivity index is 4.22. The highest BCUT2D eigenvalue weighted by molar-refractivity contribution is 4.69. The van der Waals surface area contributed by atoms with Gasteiger partial charge in [0.1, 0.15) is 12.6 Å². The van der Waals surface area contributed by atoms with Crippen molar-refractivity contribution in [3.05, 3.63) is 12.6 Å². The number of alkyl halides is 5. The van der Waals surface area contributed by atoms with Crippen LogP contribution in [0.15, 0.2) is 12.6 Å². The largest absolute Gasteiger partial charge is 0.498 e. The predicted octanol–water partition coefficient (Wildman–Crippen LogP) is 2.60. The fraction of sp³-hybridized carbons (Fsp3) is 0.500. The molecule has 0 aliphatic heterocycles. The molecule has 0 aromatic heterocycles. The highest BCUT2D eigenvalue weighted by Gasteiger charge is 2.60. The van der Waals surface area contributed by atoms with Gasteiger partial charge in [0.25, 0.3) is 0 Å². The molecule has 11 heavy (non-hydrogen) atoms. The van der Waals surface area contributed by atoms with Crippen LogP contribution in [0.2, 0.25) is 0 Å². The van der Waals surface area contributed by atoms with Gasteiger partial charge in [-0.15, -0.1) is 0 Å². The summed E-state index contributed by atoms with van der Waals surface area (Å²) in [5.41, 5.74) is 0. The Labute approximate surface area is 57.3 Å². The lowest BCUT2D eigenvalue weighted by Gasteiger charge is -2.16. The molecule has 0 saturated heterocycles. The molecule has 0 N–H and O–H groups in total. The van der Waals surface area contributed by atoms with Gasteiger partial charge in [0.2, 0.25) is 0 Å². The summed E-state index contributed by atoms with van der Waals surface area (Å²) in [4.78, 5) is 0. The molecule has 7 heteroatoms. The molecule has 0 saturated carbocycles. The van der Waals surface area contributed by atoms with Crippen molar-refractivity contribution in [1.82, 2.24) is 0 Å². The van der Waals surface area contributed by atoms with Crippen molar-refractivity contribution in [3.8, 4) is 0 Å². The summed E-state index contributed by atoms with van der Waals surface area (Å²) in [6, 6.07) is 0. The third kappa shape index (κ3) is 2.69. The van der Waals surface area contributed by atoms with Gasteiger partial charge in [0.05, 0.1) is 0 Å². The molecule has 0 bridgehead atoms. The monoisotopic (exact) mass is 180 g/mol. The van der Waals surface area contributed by atoms with Crippen molar-refractivity contribution in [2.75, 3.05) is 0 Å². The predicted molar refractivity (Wildman–Crippen MR) is 22.3 cm³/mol. The van der Waals surface area contributed by atoms with E-state index in [-0.39, 0.29) is 6.26 Å². The molecule has 0 aromatic carbocycles. The van der Waals surface area contributed by atoms with Gasteiger partial charge in [-0.3, -0.25) is 0 Å². The molecule has 0 atom stereocenters. The van der Waals surface area contributed by atoms with E-state index in [1.807, 2.05) is 0 Å². The van der Waals surface area contributed by atoms with Gasteiger partial charge in [-0.05, 0) is 0 Å². The maximum Gasteiger partial charge on any atom is 0.498 e. The molecule has 0 aliphatic carbocycles. The summed E-state index contributed by atoms with van der Waals surface area (Å²) in [5, 5.41) is 0. The van der Waals surface area contributed by atoms with Crippen LogP contribution in [0.4, 0.5) is 26.3 Å². The maximum absolute atomic E-state index is 11.6. The molecule has 0 spiro atoms. The first-order valence-electron chi connectivity index (χ1n) is 2.19. The number of halogens is 6. The van der Waals surface area contributed by atoms with E-state index in [4.69, 9.17) is 0 Å². The highest BCUT2D eigenvalue weighted by Crippen LogP contribution is 2.36. The van der Waals surface area contributed by atoms with Crippen molar-refractivity contribution < 1.29 is 31.1 Å². The average molecular weight is 180 g/mol. The Hall–Kier alpha value is -0.880.